The molecular formula is C19H21NO5. The molecule has 2 aromatic carbocycles. The maximum absolute atomic E-state index is 11.8. The molecule has 2 aromatic rings. The van der Waals surface area contributed by atoms with Crippen molar-refractivity contribution in [1.29, 1.82) is 0 Å². The number of esters is 1. The summed E-state index contributed by atoms with van der Waals surface area (Å²) in [5.41, 5.74) is 1.61. The molecule has 6 heteroatoms. The molecule has 0 atom stereocenters. The number of nitro groups is 1. The van der Waals surface area contributed by atoms with E-state index in [2.05, 4.69) is 0 Å². The number of benzene rings is 2. The maximum atomic E-state index is 11.8. The van der Waals surface area contributed by atoms with Crippen LogP contribution < -0.4 is 9.47 Å². The highest BCUT2D eigenvalue weighted by molar-refractivity contribution is 5.72. The number of ether oxygens (including phenoxy) is 2. The highest BCUT2D eigenvalue weighted by atomic mass is 16.6. The fourth-order valence-electron chi connectivity index (χ4n) is 2.35. The Bertz CT molecular complexity index is 757. The van der Waals surface area contributed by atoms with Crippen molar-refractivity contribution in [3.05, 3.63) is 63.7 Å². The second kappa shape index (κ2) is 8.82. The van der Waals surface area contributed by atoms with E-state index in [0.717, 1.165) is 17.7 Å². The van der Waals surface area contributed by atoms with Gasteiger partial charge in [0.25, 0.3) is 5.69 Å². The van der Waals surface area contributed by atoms with Gasteiger partial charge in [0.2, 0.25) is 0 Å². The van der Waals surface area contributed by atoms with E-state index in [4.69, 9.17) is 9.47 Å². The monoisotopic (exact) mass is 343 g/mol. The van der Waals surface area contributed by atoms with Gasteiger partial charge in [-0.15, -0.1) is 0 Å². The zero-order valence-corrected chi connectivity index (χ0v) is 14.4. The lowest BCUT2D eigenvalue weighted by Gasteiger charge is -2.07. The molecule has 0 aliphatic rings. The topological polar surface area (TPSA) is 78.7 Å². The van der Waals surface area contributed by atoms with Crippen LogP contribution in [0.3, 0.4) is 0 Å². The summed E-state index contributed by atoms with van der Waals surface area (Å²) in [6.45, 7) is 4.15. The van der Waals surface area contributed by atoms with Crippen molar-refractivity contribution < 1.29 is 19.2 Å². The van der Waals surface area contributed by atoms with Crippen molar-refractivity contribution in [1.82, 2.24) is 0 Å². The first-order valence-electron chi connectivity index (χ1n) is 8.11. The fourth-order valence-corrected chi connectivity index (χ4v) is 2.35. The molecule has 6 nitrogen and oxygen atoms in total. The highest BCUT2D eigenvalue weighted by Crippen LogP contribution is 2.23. The van der Waals surface area contributed by atoms with Gasteiger partial charge in [0.15, 0.2) is 0 Å². The molecule has 0 spiro atoms. The van der Waals surface area contributed by atoms with Gasteiger partial charge < -0.3 is 9.47 Å². The summed E-state index contributed by atoms with van der Waals surface area (Å²) in [7, 11) is 0. The highest BCUT2D eigenvalue weighted by Gasteiger charge is 2.12. The van der Waals surface area contributed by atoms with E-state index in [-0.39, 0.29) is 18.1 Å². The van der Waals surface area contributed by atoms with Gasteiger partial charge in [-0.1, -0.05) is 12.1 Å². The number of nitrogens with zero attached hydrogens (tertiary/aromatic N) is 1. The average Bonchev–Trinajstić information content (AvgIpc) is 2.54. The van der Waals surface area contributed by atoms with Crippen molar-refractivity contribution >= 4 is 11.7 Å². The Kier molecular flexibility index (Phi) is 6.51. The van der Waals surface area contributed by atoms with Crippen LogP contribution in [0.2, 0.25) is 0 Å². The molecule has 0 fully saturated rings. The van der Waals surface area contributed by atoms with E-state index >= 15 is 0 Å². The van der Waals surface area contributed by atoms with Crippen LogP contribution in [0.4, 0.5) is 5.69 Å². The molecule has 0 bridgehead atoms. The Balaban J connectivity index is 1.70. The molecule has 0 unspecified atom stereocenters. The number of aryl methyl sites for hydroxylation is 2. The average molecular weight is 343 g/mol. The molecule has 0 aromatic heterocycles. The van der Waals surface area contributed by atoms with Crippen LogP contribution in [0, 0.1) is 24.0 Å². The zero-order valence-electron chi connectivity index (χ0n) is 14.4. The number of hydrogen-bond acceptors (Lipinski definition) is 5. The molecule has 0 saturated carbocycles. The standard InChI is InChI=1S/C19H21NO5/c1-14-6-5-7-16(12-14)24-11-4-3-8-19(21)25-17-9-10-18(20(22)23)15(2)13-17/h5-7,9-10,12-13H,3-4,8,11H2,1-2H3. The summed E-state index contributed by atoms with van der Waals surface area (Å²) in [6, 6.07) is 12.1. The van der Waals surface area contributed by atoms with E-state index in [9.17, 15) is 14.9 Å². The lowest BCUT2D eigenvalue weighted by Crippen LogP contribution is -2.09. The van der Waals surface area contributed by atoms with Gasteiger partial charge in [0.05, 0.1) is 11.5 Å². The molecule has 0 saturated heterocycles. The summed E-state index contributed by atoms with van der Waals surface area (Å²) in [4.78, 5) is 22.1. The van der Waals surface area contributed by atoms with Crippen LogP contribution in [0.25, 0.3) is 0 Å². The molecule has 0 aliphatic heterocycles. The smallest absolute Gasteiger partial charge is 0.311 e. The van der Waals surface area contributed by atoms with E-state index in [1.807, 2.05) is 31.2 Å². The molecule has 25 heavy (non-hydrogen) atoms. The van der Waals surface area contributed by atoms with Crippen LogP contribution in [0.1, 0.15) is 30.4 Å². The Morgan fingerprint density at radius 1 is 1.08 bits per heavy atom. The van der Waals surface area contributed by atoms with Gasteiger partial charge in [0, 0.05) is 18.1 Å². The summed E-state index contributed by atoms with van der Waals surface area (Å²) in [5.74, 6) is 0.789. The Morgan fingerprint density at radius 2 is 1.88 bits per heavy atom. The first kappa shape index (κ1) is 18.4. The van der Waals surface area contributed by atoms with E-state index in [0.29, 0.717) is 24.3 Å². The molecule has 0 amide bonds. The molecule has 132 valence electrons. The predicted octanol–water partition coefficient (Wildman–Crippen LogP) is 4.37. The zero-order chi connectivity index (χ0) is 18.2. The van der Waals surface area contributed by atoms with E-state index < -0.39 is 4.92 Å². The van der Waals surface area contributed by atoms with Gasteiger partial charge in [-0.05, 0) is 56.5 Å². The second-order valence-electron chi connectivity index (χ2n) is 5.80. The van der Waals surface area contributed by atoms with Crippen molar-refractivity contribution in [2.75, 3.05) is 6.61 Å². The molecular weight excluding hydrogens is 322 g/mol. The number of rotatable bonds is 8. The Labute approximate surface area is 146 Å². The maximum Gasteiger partial charge on any atom is 0.311 e. The quantitative estimate of drug-likeness (QED) is 0.234. The van der Waals surface area contributed by atoms with Crippen LogP contribution in [-0.4, -0.2) is 17.5 Å². The van der Waals surface area contributed by atoms with Crippen LogP contribution in [-0.2, 0) is 4.79 Å². The molecule has 0 radical (unpaired) electrons. The third-order valence-corrected chi connectivity index (χ3v) is 3.63. The first-order chi connectivity index (χ1) is 12.0. The summed E-state index contributed by atoms with van der Waals surface area (Å²) >= 11 is 0. The number of carbonyl (C=O) groups excluding carboxylic acids is 1. The third kappa shape index (κ3) is 5.91. The summed E-state index contributed by atoms with van der Waals surface area (Å²) < 4.78 is 10.8. The van der Waals surface area contributed by atoms with Crippen LogP contribution in [0.5, 0.6) is 11.5 Å². The molecule has 0 heterocycles. The van der Waals surface area contributed by atoms with Crippen molar-refractivity contribution in [2.24, 2.45) is 0 Å². The second-order valence-corrected chi connectivity index (χ2v) is 5.80. The minimum absolute atomic E-state index is 0.00750. The normalized spacial score (nSPS) is 10.3. The van der Waals surface area contributed by atoms with Crippen LogP contribution in [0.15, 0.2) is 42.5 Å². The fraction of sp³-hybridized carbons (Fsp3) is 0.316. The SMILES string of the molecule is Cc1cccc(OCCCCC(=O)Oc2ccc([N+](=O)[O-])c(C)c2)c1. The summed E-state index contributed by atoms with van der Waals surface area (Å²) in [6.07, 6.45) is 1.66. The first-order valence-corrected chi connectivity index (χ1v) is 8.11. The van der Waals surface area contributed by atoms with Crippen molar-refractivity contribution in [3.8, 4) is 11.5 Å². The minimum atomic E-state index is -0.463. The van der Waals surface area contributed by atoms with Crippen LogP contribution >= 0.6 is 0 Å². The molecule has 0 aliphatic carbocycles. The summed E-state index contributed by atoms with van der Waals surface area (Å²) in [5, 5.41) is 10.8. The van der Waals surface area contributed by atoms with Crippen molar-refractivity contribution in [3.63, 3.8) is 0 Å². The van der Waals surface area contributed by atoms with Gasteiger partial charge in [0.1, 0.15) is 11.5 Å². The van der Waals surface area contributed by atoms with E-state index in [1.165, 1.54) is 18.2 Å². The number of unbranched alkanes of at least 4 members (excludes halogenated alkanes) is 1. The third-order valence-electron chi connectivity index (χ3n) is 3.63. The van der Waals surface area contributed by atoms with Crippen molar-refractivity contribution in [2.45, 2.75) is 33.1 Å². The Hall–Kier alpha value is -2.89. The number of nitro benzene ring substituents is 1. The predicted molar refractivity (Wildman–Crippen MR) is 94.0 cm³/mol. The van der Waals surface area contributed by atoms with Gasteiger partial charge in [-0.2, -0.15) is 0 Å². The van der Waals surface area contributed by atoms with Gasteiger partial charge in [-0.25, -0.2) is 0 Å². The van der Waals surface area contributed by atoms with Gasteiger partial charge >= 0.3 is 5.97 Å². The van der Waals surface area contributed by atoms with E-state index in [1.54, 1.807) is 6.92 Å². The molecule has 0 N–H and O–H groups in total. The van der Waals surface area contributed by atoms with Gasteiger partial charge in [-0.3, -0.25) is 14.9 Å². The lowest BCUT2D eigenvalue weighted by atomic mass is 10.2. The number of carbonyl (C=O) groups is 1. The largest absolute Gasteiger partial charge is 0.494 e. The number of hydrogen-bond donors (Lipinski definition) is 0. The lowest BCUT2D eigenvalue weighted by molar-refractivity contribution is -0.385. The Morgan fingerprint density at radius 3 is 2.56 bits per heavy atom. The minimum Gasteiger partial charge on any atom is -0.494 e. The molecule has 2 rings (SSSR count).